The van der Waals surface area contributed by atoms with E-state index >= 15 is 0 Å². The highest BCUT2D eigenvalue weighted by molar-refractivity contribution is 5.49. The molecule has 0 aliphatic carbocycles. The number of hydrogen-bond acceptors (Lipinski definition) is 6. The molecule has 3 aromatic rings. The van der Waals surface area contributed by atoms with Crippen LogP contribution in [0.3, 0.4) is 0 Å². The van der Waals surface area contributed by atoms with Crippen LogP contribution in [-0.2, 0) is 19.6 Å². The van der Waals surface area contributed by atoms with Gasteiger partial charge >= 0.3 is 0 Å². The molecule has 0 aliphatic heterocycles. The van der Waals surface area contributed by atoms with E-state index in [0.29, 0.717) is 18.3 Å². The van der Waals surface area contributed by atoms with E-state index in [-0.39, 0.29) is 0 Å². The van der Waals surface area contributed by atoms with Gasteiger partial charge in [0.2, 0.25) is 11.8 Å². The fraction of sp³-hybridized carbons (Fsp3) is 0.333. The molecule has 22 heavy (non-hydrogen) atoms. The molecule has 0 amide bonds. The number of aryl methyl sites for hydroxylation is 1. The quantitative estimate of drug-likeness (QED) is 0.693. The Kier molecular flexibility index (Phi) is 4.24. The van der Waals surface area contributed by atoms with Gasteiger partial charge in [-0.2, -0.15) is 5.10 Å². The molecule has 0 fully saturated rings. The molecule has 3 heterocycles. The first-order chi connectivity index (χ1) is 10.7. The van der Waals surface area contributed by atoms with Gasteiger partial charge in [0, 0.05) is 37.2 Å². The molecule has 0 saturated carbocycles. The third kappa shape index (κ3) is 3.37. The number of hydrogen-bond donors (Lipinski definition) is 0. The summed E-state index contributed by atoms with van der Waals surface area (Å²) < 4.78 is 7.59. The molecule has 0 unspecified atom stereocenters. The smallest absolute Gasteiger partial charge is 0.249 e. The largest absolute Gasteiger partial charge is 0.419 e. The molecule has 0 aromatic carbocycles. The van der Waals surface area contributed by atoms with Crippen LogP contribution < -0.4 is 0 Å². The van der Waals surface area contributed by atoms with Crippen molar-refractivity contribution < 1.29 is 4.42 Å². The number of aromatic nitrogens is 5. The molecule has 114 valence electrons. The zero-order valence-corrected chi connectivity index (χ0v) is 12.7. The van der Waals surface area contributed by atoms with Crippen molar-refractivity contribution in [3.8, 4) is 11.5 Å². The summed E-state index contributed by atoms with van der Waals surface area (Å²) in [5.41, 5.74) is 1.99. The van der Waals surface area contributed by atoms with Gasteiger partial charge in [0.05, 0.1) is 18.3 Å². The Bertz CT molecular complexity index is 720. The Morgan fingerprint density at radius 3 is 2.86 bits per heavy atom. The van der Waals surface area contributed by atoms with Gasteiger partial charge in [-0.3, -0.25) is 14.6 Å². The van der Waals surface area contributed by atoms with Gasteiger partial charge in [-0.15, -0.1) is 10.2 Å². The lowest BCUT2D eigenvalue weighted by Crippen LogP contribution is -2.17. The van der Waals surface area contributed by atoms with Crippen LogP contribution in [0.15, 0.2) is 41.3 Å². The average Bonchev–Trinajstić information content (AvgIpc) is 3.17. The Morgan fingerprint density at radius 2 is 2.14 bits per heavy atom. The Morgan fingerprint density at radius 1 is 1.23 bits per heavy atom. The van der Waals surface area contributed by atoms with E-state index in [4.69, 9.17) is 4.42 Å². The first-order valence-electron chi connectivity index (χ1n) is 7.17. The maximum Gasteiger partial charge on any atom is 0.249 e. The van der Waals surface area contributed by atoms with Crippen LogP contribution in [0.4, 0.5) is 0 Å². The molecule has 0 bridgehead atoms. The van der Waals surface area contributed by atoms with Gasteiger partial charge in [0.15, 0.2) is 0 Å². The maximum atomic E-state index is 5.68. The van der Waals surface area contributed by atoms with E-state index in [1.54, 1.807) is 12.4 Å². The van der Waals surface area contributed by atoms with E-state index in [9.17, 15) is 0 Å². The molecule has 0 atom stereocenters. The minimum absolute atomic E-state index is 0.496. The second-order valence-electron chi connectivity index (χ2n) is 5.12. The number of nitrogens with zero attached hydrogens (tertiary/aromatic N) is 6. The van der Waals surface area contributed by atoms with Crippen LogP contribution in [0.2, 0.25) is 0 Å². The molecule has 3 aromatic heterocycles. The van der Waals surface area contributed by atoms with Crippen LogP contribution in [0.1, 0.15) is 18.4 Å². The van der Waals surface area contributed by atoms with Crippen LogP contribution in [0.5, 0.6) is 0 Å². The van der Waals surface area contributed by atoms with E-state index < -0.39 is 0 Å². The highest BCUT2D eigenvalue weighted by atomic mass is 16.4. The third-order valence-electron chi connectivity index (χ3n) is 3.24. The molecule has 7 nitrogen and oxygen atoms in total. The predicted molar refractivity (Wildman–Crippen MR) is 80.6 cm³/mol. The SMILES string of the molecule is CCn1cc(CN(C)Cc2nnc(-c3cccnc3)o2)cn1. The van der Waals surface area contributed by atoms with Crippen LogP contribution in [-0.4, -0.2) is 36.9 Å². The van der Waals surface area contributed by atoms with Crippen molar-refractivity contribution in [1.29, 1.82) is 0 Å². The molecule has 3 rings (SSSR count). The van der Waals surface area contributed by atoms with Crippen molar-refractivity contribution in [1.82, 2.24) is 29.9 Å². The van der Waals surface area contributed by atoms with Gasteiger partial charge in [-0.05, 0) is 26.1 Å². The standard InChI is InChI=1S/C15H18N6O/c1-3-21-10-12(7-17-21)9-20(2)11-14-18-19-15(22-14)13-5-4-6-16-8-13/h4-8,10H,3,9,11H2,1-2H3. The lowest BCUT2D eigenvalue weighted by Gasteiger charge is -2.12. The summed E-state index contributed by atoms with van der Waals surface area (Å²) in [6.45, 7) is 4.32. The summed E-state index contributed by atoms with van der Waals surface area (Å²) in [4.78, 5) is 6.16. The van der Waals surface area contributed by atoms with Gasteiger partial charge in [-0.25, -0.2) is 0 Å². The molecular formula is C15H18N6O. The Hall–Kier alpha value is -2.54. The average molecular weight is 298 g/mol. The van der Waals surface area contributed by atoms with Gasteiger partial charge in [0.25, 0.3) is 0 Å². The van der Waals surface area contributed by atoms with Crippen LogP contribution in [0.25, 0.3) is 11.5 Å². The zero-order valence-electron chi connectivity index (χ0n) is 12.7. The molecule has 0 spiro atoms. The first kappa shape index (κ1) is 14.4. The Labute approximate surface area is 128 Å². The Balaban J connectivity index is 1.62. The van der Waals surface area contributed by atoms with E-state index in [0.717, 1.165) is 24.2 Å². The fourth-order valence-corrected chi connectivity index (χ4v) is 2.18. The lowest BCUT2D eigenvalue weighted by atomic mass is 10.3. The number of pyridine rings is 1. The summed E-state index contributed by atoms with van der Waals surface area (Å²) in [6.07, 6.45) is 7.35. The first-order valence-corrected chi connectivity index (χ1v) is 7.17. The zero-order chi connectivity index (χ0) is 15.4. The van der Waals surface area contributed by atoms with Gasteiger partial charge in [0.1, 0.15) is 0 Å². The number of rotatable bonds is 6. The fourth-order valence-electron chi connectivity index (χ4n) is 2.18. The van der Waals surface area contributed by atoms with Crippen molar-refractivity contribution in [2.75, 3.05) is 7.05 Å². The third-order valence-corrected chi connectivity index (χ3v) is 3.24. The molecular weight excluding hydrogens is 280 g/mol. The normalized spacial score (nSPS) is 11.2. The summed E-state index contributed by atoms with van der Waals surface area (Å²) in [5.74, 6) is 1.08. The lowest BCUT2D eigenvalue weighted by molar-refractivity contribution is 0.282. The highest BCUT2D eigenvalue weighted by Gasteiger charge is 2.11. The highest BCUT2D eigenvalue weighted by Crippen LogP contribution is 2.16. The van der Waals surface area contributed by atoms with E-state index in [1.807, 2.05) is 36.3 Å². The molecule has 0 aliphatic rings. The summed E-state index contributed by atoms with van der Waals surface area (Å²) in [5, 5.41) is 12.4. The second-order valence-corrected chi connectivity index (χ2v) is 5.12. The second kappa shape index (κ2) is 6.48. The summed E-state index contributed by atoms with van der Waals surface area (Å²) >= 11 is 0. The molecule has 7 heteroatoms. The monoisotopic (exact) mass is 298 g/mol. The van der Waals surface area contributed by atoms with Crippen molar-refractivity contribution in [2.45, 2.75) is 26.6 Å². The van der Waals surface area contributed by atoms with E-state index in [1.165, 1.54) is 0 Å². The van der Waals surface area contributed by atoms with Crippen LogP contribution in [0, 0.1) is 0 Å². The van der Waals surface area contributed by atoms with Crippen LogP contribution >= 0.6 is 0 Å². The van der Waals surface area contributed by atoms with Crippen molar-refractivity contribution >= 4 is 0 Å². The minimum atomic E-state index is 0.496. The van der Waals surface area contributed by atoms with E-state index in [2.05, 4.69) is 32.1 Å². The van der Waals surface area contributed by atoms with Crippen molar-refractivity contribution in [2.24, 2.45) is 0 Å². The predicted octanol–water partition coefficient (Wildman–Crippen LogP) is 1.98. The molecule has 0 saturated heterocycles. The van der Waals surface area contributed by atoms with Crippen molar-refractivity contribution in [3.63, 3.8) is 0 Å². The summed E-state index contributed by atoms with van der Waals surface area (Å²) in [7, 11) is 2.01. The van der Waals surface area contributed by atoms with Crippen molar-refractivity contribution in [3.05, 3.63) is 48.4 Å². The molecule has 0 radical (unpaired) electrons. The topological polar surface area (TPSA) is 72.9 Å². The van der Waals surface area contributed by atoms with Gasteiger partial charge < -0.3 is 4.42 Å². The minimum Gasteiger partial charge on any atom is -0.419 e. The summed E-state index contributed by atoms with van der Waals surface area (Å²) in [6, 6.07) is 3.74. The maximum absolute atomic E-state index is 5.68. The van der Waals surface area contributed by atoms with Gasteiger partial charge in [-0.1, -0.05) is 0 Å². The molecule has 0 N–H and O–H groups in total.